The lowest BCUT2D eigenvalue weighted by Gasteiger charge is -2.05. The molecule has 0 unspecified atom stereocenters. The number of halogens is 1. The summed E-state index contributed by atoms with van der Waals surface area (Å²) in [7, 11) is 0. The number of aromatic amines is 1. The van der Waals surface area contributed by atoms with Crippen molar-refractivity contribution < 1.29 is 8.81 Å². The lowest BCUT2D eigenvalue weighted by molar-refractivity contribution is 0.545. The zero-order valence-electron chi connectivity index (χ0n) is 11.7. The third-order valence-electron chi connectivity index (χ3n) is 3.24. The van der Waals surface area contributed by atoms with Crippen molar-refractivity contribution in [2.24, 2.45) is 0 Å². The van der Waals surface area contributed by atoms with Gasteiger partial charge in [-0.1, -0.05) is 12.1 Å². The molecule has 0 aliphatic heterocycles. The zero-order valence-corrected chi connectivity index (χ0v) is 11.7. The third-order valence-corrected chi connectivity index (χ3v) is 3.24. The number of hydrogen-bond acceptors (Lipinski definition) is 3. The molecule has 0 atom stereocenters. The van der Waals surface area contributed by atoms with Crippen molar-refractivity contribution in [1.29, 1.82) is 0 Å². The first-order valence-corrected chi connectivity index (χ1v) is 6.76. The molecule has 0 fully saturated rings. The highest BCUT2D eigenvalue weighted by Gasteiger charge is 2.10. The maximum absolute atomic E-state index is 13.1. The fourth-order valence-corrected chi connectivity index (χ4v) is 2.22. The van der Waals surface area contributed by atoms with Crippen LogP contribution in [0.4, 0.5) is 4.39 Å². The predicted octanol–water partition coefficient (Wildman–Crippen LogP) is 3.41. The summed E-state index contributed by atoms with van der Waals surface area (Å²) >= 11 is 0. The minimum absolute atomic E-state index is 0.218. The molecule has 0 bridgehead atoms. The molecule has 1 aromatic carbocycles. The van der Waals surface area contributed by atoms with Crippen LogP contribution in [-0.2, 0) is 13.1 Å². The summed E-state index contributed by atoms with van der Waals surface area (Å²) in [5, 5.41) is 10.3. The van der Waals surface area contributed by atoms with Crippen LogP contribution in [-0.4, -0.2) is 10.2 Å². The fraction of sp³-hybridized carbons (Fsp3) is 0.188. The topological polar surface area (TPSA) is 53.9 Å². The smallest absolute Gasteiger partial charge is 0.152 e. The Morgan fingerprint density at radius 3 is 2.90 bits per heavy atom. The van der Waals surface area contributed by atoms with Gasteiger partial charge in [0.15, 0.2) is 5.76 Å². The van der Waals surface area contributed by atoms with Gasteiger partial charge in [-0.2, -0.15) is 5.10 Å². The van der Waals surface area contributed by atoms with E-state index in [0.717, 1.165) is 28.3 Å². The Kier molecular flexibility index (Phi) is 3.83. The molecule has 21 heavy (non-hydrogen) atoms. The number of rotatable bonds is 5. The van der Waals surface area contributed by atoms with Gasteiger partial charge in [0.2, 0.25) is 0 Å². The summed E-state index contributed by atoms with van der Waals surface area (Å²) < 4.78 is 18.7. The number of furan rings is 1. The average Bonchev–Trinajstić information content (AvgIpc) is 3.07. The quantitative estimate of drug-likeness (QED) is 0.755. The van der Waals surface area contributed by atoms with Gasteiger partial charge < -0.3 is 9.73 Å². The lowest BCUT2D eigenvalue weighted by Crippen LogP contribution is -2.12. The Balaban J connectivity index is 1.65. The fourth-order valence-electron chi connectivity index (χ4n) is 2.22. The van der Waals surface area contributed by atoms with E-state index in [4.69, 9.17) is 4.42 Å². The molecule has 0 amide bonds. The van der Waals surface area contributed by atoms with Gasteiger partial charge in [-0.05, 0) is 36.8 Å². The molecule has 0 spiro atoms. The van der Waals surface area contributed by atoms with Gasteiger partial charge in [0, 0.05) is 18.7 Å². The summed E-state index contributed by atoms with van der Waals surface area (Å²) in [6.45, 7) is 3.13. The first-order chi connectivity index (χ1) is 10.2. The molecule has 0 radical (unpaired) electrons. The second kappa shape index (κ2) is 5.93. The van der Waals surface area contributed by atoms with Crippen LogP contribution in [0, 0.1) is 12.7 Å². The summed E-state index contributed by atoms with van der Waals surface area (Å²) in [6.07, 6.45) is 1.77. The number of H-pyrrole nitrogens is 1. The zero-order chi connectivity index (χ0) is 14.7. The van der Waals surface area contributed by atoms with Crippen molar-refractivity contribution in [1.82, 2.24) is 15.5 Å². The van der Waals surface area contributed by atoms with Crippen molar-refractivity contribution in [3.8, 4) is 11.5 Å². The number of nitrogens with one attached hydrogen (secondary N) is 2. The number of benzene rings is 1. The summed E-state index contributed by atoms with van der Waals surface area (Å²) in [4.78, 5) is 0. The van der Waals surface area contributed by atoms with Crippen LogP contribution < -0.4 is 5.32 Å². The van der Waals surface area contributed by atoms with Crippen molar-refractivity contribution >= 4 is 0 Å². The van der Waals surface area contributed by atoms with Crippen molar-refractivity contribution in [3.63, 3.8) is 0 Å². The van der Waals surface area contributed by atoms with Crippen molar-refractivity contribution in [2.45, 2.75) is 20.0 Å². The molecule has 0 saturated carbocycles. The Morgan fingerprint density at radius 2 is 2.14 bits per heavy atom. The number of aryl methyl sites for hydroxylation is 1. The Hall–Kier alpha value is -2.40. The molecule has 3 aromatic rings. The first-order valence-electron chi connectivity index (χ1n) is 6.76. The summed E-state index contributed by atoms with van der Waals surface area (Å²) in [6, 6.07) is 10.4. The molecule has 5 heteroatoms. The number of hydrogen-bond donors (Lipinski definition) is 2. The van der Waals surface area contributed by atoms with Crippen LogP contribution in [0.1, 0.15) is 16.9 Å². The maximum Gasteiger partial charge on any atom is 0.152 e. The Labute approximate surface area is 122 Å². The SMILES string of the molecule is Cc1ccc(-c2[nH]ncc2CNCc2cccc(F)c2)o1. The van der Waals surface area contributed by atoms with E-state index in [-0.39, 0.29) is 5.82 Å². The normalized spacial score (nSPS) is 11.0. The highest BCUT2D eigenvalue weighted by Crippen LogP contribution is 2.23. The van der Waals surface area contributed by atoms with Gasteiger partial charge >= 0.3 is 0 Å². The molecular formula is C16H16FN3O. The largest absolute Gasteiger partial charge is 0.460 e. The van der Waals surface area contributed by atoms with Crippen LogP contribution in [0.3, 0.4) is 0 Å². The third kappa shape index (κ3) is 3.20. The number of nitrogens with zero attached hydrogens (tertiary/aromatic N) is 1. The van der Waals surface area contributed by atoms with E-state index < -0.39 is 0 Å². The van der Waals surface area contributed by atoms with Gasteiger partial charge in [0.05, 0.1) is 6.20 Å². The number of aromatic nitrogens is 2. The molecule has 0 aliphatic carbocycles. The Bertz CT molecular complexity index is 732. The van der Waals surface area contributed by atoms with E-state index in [2.05, 4.69) is 15.5 Å². The molecule has 4 nitrogen and oxygen atoms in total. The van der Waals surface area contributed by atoms with E-state index in [1.54, 1.807) is 12.3 Å². The van der Waals surface area contributed by atoms with Crippen LogP contribution in [0.15, 0.2) is 47.0 Å². The van der Waals surface area contributed by atoms with Gasteiger partial charge in [-0.25, -0.2) is 4.39 Å². The van der Waals surface area contributed by atoms with Gasteiger partial charge in [-0.3, -0.25) is 5.10 Å². The minimum atomic E-state index is -0.218. The second-order valence-corrected chi connectivity index (χ2v) is 4.91. The monoisotopic (exact) mass is 285 g/mol. The van der Waals surface area contributed by atoms with E-state index in [0.29, 0.717) is 13.1 Å². The van der Waals surface area contributed by atoms with Crippen molar-refractivity contribution in [2.75, 3.05) is 0 Å². The molecular weight excluding hydrogens is 269 g/mol. The molecule has 2 heterocycles. The first kappa shape index (κ1) is 13.6. The summed E-state index contributed by atoms with van der Waals surface area (Å²) in [5.41, 5.74) is 2.80. The average molecular weight is 285 g/mol. The van der Waals surface area contributed by atoms with Crippen LogP contribution in [0.2, 0.25) is 0 Å². The van der Waals surface area contributed by atoms with Crippen LogP contribution in [0.25, 0.3) is 11.5 Å². The highest BCUT2D eigenvalue weighted by molar-refractivity contribution is 5.56. The van der Waals surface area contributed by atoms with Crippen LogP contribution in [0.5, 0.6) is 0 Å². The molecule has 0 saturated heterocycles. The van der Waals surface area contributed by atoms with E-state index in [1.165, 1.54) is 12.1 Å². The molecule has 3 rings (SSSR count). The van der Waals surface area contributed by atoms with E-state index in [9.17, 15) is 4.39 Å². The second-order valence-electron chi connectivity index (χ2n) is 4.91. The molecule has 2 N–H and O–H groups in total. The predicted molar refractivity (Wildman–Crippen MR) is 78.0 cm³/mol. The van der Waals surface area contributed by atoms with Gasteiger partial charge in [0.25, 0.3) is 0 Å². The molecule has 2 aromatic heterocycles. The minimum Gasteiger partial charge on any atom is -0.460 e. The standard InChI is InChI=1S/C16H16FN3O/c1-11-5-6-15(21-11)16-13(10-19-20-16)9-18-8-12-3-2-4-14(17)7-12/h2-7,10,18H,8-9H2,1H3,(H,19,20). The Morgan fingerprint density at radius 1 is 1.24 bits per heavy atom. The van der Waals surface area contributed by atoms with E-state index >= 15 is 0 Å². The maximum atomic E-state index is 13.1. The lowest BCUT2D eigenvalue weighted by atomic mass is 10.2. The molecule has 108 valence electrons. The highest BCUT2D eigenvalue weighted by atomic mass is 19.1. The van der Waals surface area contributed by atoms with Gasteiger partial charge in [0.1, 0.15) is 17.3 Å². The van der Waals surface area contributed by atoms with Gasteiger partial charge in [-0.15, -0.1) is 0 Å². The van der Waals surface area contributed by atoms with E-state index in [1.807, 2.05) is 25.1 Å². The van der Waals surface area contributed by atoms with Crippen molar-refractivity contribution in [3.05, 3.63) is 65.3 Å². The molecule has 0 aliphatic rings. The summed E-state index contributed by atoms with van der Waals surface area (Å²) in [5.74, 6) is 1.41. The van der Waals surface area contributed by atoms with Crippen LogP contribution >= 0.6 is 0 Å².